The van der Waals surface area contributed by atoms with Crippen LogP contribution in [0.1, 0.15) is 37.3 Å². The number of sulfone groups is 1. The normalized spacial score (nSPS) is 22.8. The molecule has 2 unspecified atom stereocenters. The van der Waals surface area contributed by atoms with Crippen LogP contribution in [0.2, 0.25) is 0 Å². The van der Waals surface area contributed by atoms with Gasteiger partial charge in [0.05, 0.1) is 17.1 Å². The van der Waals surface area contributed by atoms with Crippen molar-refractivity contribution >= 4 is 15.4 Å². The molecule has 0 amide bonds. The average Bonchev–Trinajstić information content (AvgIpc) is 2.95. The Morgan fingerprint density at radius 3 is 2.27 bits per heavy atom. The molecule has 3 rings (SSSR count). The first-order valence-electron chi connectivity index (χ1n) is 8.29. The van der Waals surface area contributed by atoms with E-state index in [9.17, 15) is 17.2 Å². The molecule has 0 aliphatic carbocycles. The molecule has 0 N–H and O–H groups in total. The summed E-state index contributed by atoms with van der Waals surface area (Å²) in [5.41, 5.74) is 1.57. The van der Waals surface area contributed by atoms with E-state index in [0.717, 1.165) is 29.5 Å². The van der Waals surface area contributed by atoms with Gasteiger partial charge in [0.2, 0.25) is 0 Å². The van der Waals surface area contributed by atoms with Crippen LogP contribution in [0.4, 0.5) is 8.78 Å². The van der Waals surface area contributed by atoms with E-state index in [1.54, 1.807) is 30.5 Å². The van der Waals surface area contributed by atoms with E-state index >= 15 is 0 Å². The highest BCUT2D eigenvalue weighted by Crippen LogP contribution is 2.49. The van der Waals surface area contributed by atoms with Gasteiger partial charge in [-0.3, -0.25) is 0 Å². The SMILES string of the molecule is CCC1(C)OC=C(c2ccc(F)c(F)c2)C1c1ccc(S(C)(=O)=O)cc1. The van der Waals surface area contributed by atoms with Gasteiger partial charge >= 0.3 is 0 Å². The van der Waals surface area contributed by atoms with Gasteiger partial charge in [-0.2, -0.15) is 0 Å². The highest BCUT2D eigenvalue weighted by atomic mass is 32.2. The van der Waals surface area contributed by atoms with Crippen molar-refractivity contribution < 1.29 is 21.9 Å². The number of ether oxygens (including phenoxy) is 1. The average molecular weight is 378 g/mol. The van der Waals surface area contributed by atoms with Crippen molar-refractivity contribution in [1.29, 1.82) is 0 Å². The molecule has 0 aromatic heterocycles. The minimum atomic E-state index is -3.29. The van der Waals surface area contributed by atoms with Gasteiger partial charge in [0.15, 0.2) is 21.5 Å². The standard InChI is InChI=1S/C20H20F2O3S/c1-4-20(2)19(13-5-8-15(9-6-13)26(3,23)24)16(12-25-20)14-7-10-17(21)18(22)11-14/h5-12,19H,4H2,1-3H3. The summed E-state index contributed by atoms with van der Waals surface area (Å²) < 4.78 is 56.3. The molecule has 0 saturated heterocycles. The van der Waals surface area contributed by atoms with Crippen LogP contribution in [0.15, 0.2) is 53.6 Å². The summed E-state index contributed by atoms with van der Waals surface area (Å²) >= 11 is 0. The van der Waals surface area contributed by atoms with Crippen LogP contribution in [-0.2, 0) is 14.6 Å². The Balaban J connectivity index is 2.07. The Morgan fingerprint density at radius 2 is 1.73 bits per heavy atom. The van der Waals surface area contributed by atoms with E-state index in [2.05, 4.69) is 0 Å². The van der Waals surface area contributed by atoms with E-state index in [1.807, 2.05) is 13.8 Å². The zero-order valence-corrected chi connectivity index (χ0v) is 15.6. The van der Waals surface area contributed by atoms with Gasteiger partial charge in [0.1, 0.15) is 5.60 Å². The zero-order chi connectivity index (χ0) is 19.1. The van der Waals surface area contributed by atoms with E-state index in [4.69, 9.17) is 4.74 Å². The monoisotopic (exact) mass is 378 g/mol. The van der Waals surface area contributed by atoms with Gasteiger partial charge in [0.25, 0.3) is 0 Å². The van der Waals surface area contributed by atoms with Crippen molar-refractivity contribution in [1.82, 2.24) is 0 Å². The highest BCUT2D eigenvalue weighted by molar-refractivity contribution is 7.90. The molecule has 2 aromatic rings. The van der Waals surface area contributed by atoms with Crippen LogP contribution in [0.3, 0.4) is 0 Å². The van der Waals surface area contributed by atoms with Crippen LogP contribution < -0.4 is 0 Å². The summed E-state index contributed by atoms with van der Waals surface area (Å²) in [6, 6.07) is 10.4. The molecule has 0 spiro atoms. The van der Waals surface area contributed by atoms with Crippen molar-refractivity contribution in [3.63, 3.8) is 0 Å². The molecule has 1 heterocycles. The lowest BCUT2D eigenvalue weighted by Crippen LogP contribution is -2.30. The van der Waals surface area contributed by atoms with Crippen LogP contribution in [0.25, 0.3) is 5.57 Å². The van der Waals surface area contributed by atoms with E-state index in [1.165, 1.54) is 6.07 Å². The van der Waals surface area contributed by atoms with Gasteiger partial charge in [-0.05, 0) is 48.7 Å². The van der Waals surface area contributed by atoms with E-state index < -0.39 is 27.1 Å². The van der Waals surface area contributed by atoms with Crippen molar-refractivity contribution in [3.8, 4) is 0 Å². The van der Waals surface area contributed by atoms with E-state index in [-0.39, 0.29) is 10.8 Å². The minimum absolute atomic E-state index is 0.231. The summed E-state index contributed by atoms with van der Waals surface area (Å²) in [7, 11) is -3.29. The van der Waals surface area contributed by atoms with Crippen molar-refractivity contribution in [3.05, 3.63) is 71.5 Å². The highest BCUT2D eigenvalue weighted by Gasteiger charge is 2.43. The van der Waals surface area contributed by atoms with Gasteiger partial charge in [0, 0.05) is 11.8 Å². The molecule has 0 fully saturated rings. The van der Waals surface area contributed by atoms with Crippen molar-refractivity contribution in [2.75, 3.05) is 6.26 Å². The summed E-state index contributed by atoms with van der Waals surface area (Å²) in [5.74, 6) is -2.05. The lowest BCUT2D eigenvalue weighted by molar-refractivity contribution is 0.0456. The van der Waals surface area contributed by atoms with Crippen molar-refractivity contribution in [2.24, 2.45) is 0 Å². The fourth-order valence-electron chi connectivity index (χ4n) is 3.30. The molecule has 6 heteroatoms. The number of hydrogen-bond acceptors (Lipinski definition) is 3. The molecule has 1 aliphatic rings. The maximum atomic E-state index is 13.7. The van der Waals surface area contributed by atoms with Gasteiger partial charge in [-0.15, -0.1) is 0 Å². The molecule has 2 aromatic carbocycles. The third-order valence-corrected chi connectivity index (χ3v) is 6.10. The Hall–Kier alpha value is -2.21. The molecule has 0 radical (unpaired) electrons. The Bertz CT molecular complexity index is 965. The third kappa shape index (κ3) is 3.26. The molecular weight excluding hydrogens is 358 g/mol. The first-order chi connectivity index (χ1) is 12.2. The summed E-state index contributed by atoms with van der Waals surface area (Å²) in [4.78, 5) is 0.233. The number of benzene rings is 2. The van der Waals surface area contributed by atoms with Crippen LogP contribution in [0.5, 0.6) is 0 Å². The fraction of sp³-hybridized carbons (Fsp3) is 0.300. The molecule has 3 nitrogen and oxygen atoms in total. The topological polar surface area (TPSA) is 43.4 Å². The smallest absolute Gasteiger partial charge is 0.175 e. The van der Waals surface area contributed by atoms with Gasteiger partial charge in [-0.25, -0.2) is 17.2 Å². The third-order valence-electron chi connectivity index (χ3n) is 4.97. The second-order valence-electron chi connectivity index (χ2n) is 6.76. The molecule has 0 bridgehead atoms. The van der Waals surface area contributed by atoms with Gasteiger partial charge < -0.3 is 4.74 Å². The van der Waals surface area contributed by atoms with Crippen molar-refractivity contribution in [2.45, 2.75) is 36.7 Å². The first kappa shape index (κ1) is 18.6. The second-order valence-corrected chi connectivity index (χ2v) is 8.78. The quantitative estimate of drug-likeness (QED) is 0.775. The van der Waals surface area contributed by atoms with Gasteiger partial charge in [-0.1, -0.05) is 25.1 Å². The fourth-order valence-corrected chi connectivity index (χ4v) is 3.93. The first-order valence-corrected chi connectivity index (χ1v) is 10.2. The van der Waals surface area contributed by atoms with E-state index in [0.29, 0.717) is 12.0 Å². The molecule has 2 atom stereocenters. The largest absolute Gasteiger partial charge is 0.494 e. The lowest BCUT2D eigenvalue weighted by Gasteiger charge is -2.31. The number of rotatable bonds is 4. The predicted molar refractivity (Wildman–Crippen MR) is 96.4 cm³/mol. The predicted octanol–water partition coefficient (Wildman–Crippen LogP) is 4.69. The van der Waals surface area contributed by atoms with Crippen LogP contribution in [0, 0.1) is 11.6 Å². The molecule has 138 valence electrons. The Morgan fingerprint density at radius 1 is 1.08 bits per heavy atom. The summed E-state index contributed by atoms with van der Waals surface area (Å²) in [6.45, 7) is 3.94. The zero-order valence-electron chi connectivity index (χ0n) is 14.8. The van der Waals surface area contributed by atoms with Crippen LogP contribution >= 0.6 is 0 Å². The number of halogens is 2. The molecular formula is C20H20F2O3S. The Labute approximate surface area is 152 Å². The molecule has 0 saturated carbocycles. The molecule has 1 aliphatic heterocycles. The van der Waals surface area contributed by atoms with Crippen LogP contribution in [-0.4, -0.2) is 20.3 Å². The number of hydrogen-bond donors (Lipinski definition) is 0. The Kier molecular flexibility index (Phi) is 4.65. The lowest BCUT2D eigenvalue weighted by atomic mass is 9.76. The second kappa shape index (κ2) is 6.50. The molecule has 26 heavy (non-hydrogen) atoms. The maximum absolute atomic E-state index is 13.7. The maximum Gasteiger partial charge on any atom is 0.175 e. The summed E-state index contributed by atoms with van der Waals surface area (Å²) in [6.07, 6.45) is 3.43. The minimum Gasteiger partial charge on any atom is -0.494 e. The summed E-state index contributed by atoms with van der Waals surface area (Å²) in [5, 5.41) is 0.